The smallest absolute Gasteiger partial charge is 0.190 e. The van der Waals surface area contributed by atoms with Gasteiger partial charge in [0.1, 0.15) is 27.9 Å². The highest BCUT2D eigenvalue weighted by Gasteiger charge is 2.22. The second-order valence-electron chi connectivity index (χ2n) is 6.76. The largest absolute Gasteiger partial charge is 0.497 e. The van der Waals surface area contributed by atoms with Crippen LogP contribution >= 0.6 is 11.5 Å². The van der Waals surface area contributed by atoms with Crippen molar-refractivity contribution in [2.24, 2.45) is 0 Å². The molecule has 154 valence electrons. The summed E-state index contributed by atoms with van der Waals surface area (Å²) in [7, 11) is 4.92. The Hall–Kier alpha value is -2.73. The molecular formula is C23H28NO4S+. The summed E-state index contributed by atoms with van der Waals surface area (Å²) in [6.07, 6.45) is 4.37. The molecular weight excluding hydrogens is 386 g/mol. The summed E-state index contributed by atoms with van der Waals surface area (Å²) in [4.78, 5) is 1.05. The number of rotatable bonds is 9. The summed E-state index contributed by atoms with van der Waals surface area (Å²) in [5.41, 5.74) is 3.09. The zero-order valence-electron chi connectivity index (χ0n) is 17.6. The van der Waals surface area contributed by atoms with E-state index in [0.717, 1.165) is 40.2 Å². The first-order chi connectivity index (χ1) is 14.1. The lowest BCUT2D eigenvalue weighted by Crippen LogP contribution is -2.10. The molecule has 0 amide bonds. The fraction of sp³-hybridized carbons (Fsp3) is 0.348. The van der Waals surface area contributed by atoms with Crippen molar-refractivity contribution in [3.63, 3.8) is 0 Å². The van der Waals surface area contributed by atoms with Crippen molar-refractivity contribution < 1.29 is 23.3 Å². The predicted octanol–water partition coefficient (Wildman–Crippen LogP) is 5.49. The molecule has 0 bridgehead atoms. The lowest BCUT2D eigenvalue weighted by molar-refractivity contribution is -0.288. The van der Waals surface area contributed by atoms with E-state index in [2.05, 4.69) is 30.4 Å². The molecule has 0 fully saturated rings. The van der Waals surface area contributed by atoms with Crippen molar-refractivity contribution in [2.45, 2.75) is 32.8 Å². The van der Waals surface area contributed by atoms with E-state index in [9.17, 15) is 0 Å². The first kappa shape index (κ1) is 21.0. The first-order valence-electron chi connectivity index (χ1n) is 9.68. The van der Waals surface area contributed by atoms with Crippen LogP contribution in [0.2, 0.25) is 0 Å². The van der Waals surface area contributed by atoms with Crippen molar-refractivity contribution in [2.75, 3.05) is 21.3 Å². The Labute approximate surface area is 176 Å². The average molecular weight is 415 g/mol. The number of ether oxygens (including phenoxy) is 4. The highest BCUT2D eigenvalue weighted by molar-refractivity contribution is 7.06. The minimum Gasteiger partial charge on any atom is -0.497 e. The van der Waals surface area contributed by atoms with E-state index in [1.807, 2.05) is 30.5 Å². The maximum Gasteiger partial charge on any atom is 0.190 e. The Balaban J connectivity index is 1.98. The van der Waals surface area contributed by atoms with Gasteiger partial charge in [-0.1, -0.05) is 25.5 Å². The molecule has 0 aliphatic rings. The molecule has 3 aromatic rings. The van der Waals surface area contributed by atoms with E-state index in [0.29, 0.717) is 17.2 Å². The van der Waals surface area contributed by atoms with Crippen LogP contribution in [-0.4, -0.2) is 27.4 Å². The molecule has 6 heteroatoms. The minimum atomic E-state index is 0.212. The van der Waals surface area contributed by atoms with Gasteiger partial charge >= 0.3 is 0 Å². The van der Waals surface area contributed by atoms with Crippen LogP contribution in [0.3, 0.4) is 0 Å². The molecule has 29 heavy (non-hydrogen) atoms. The Morgan fingerprint density at radius 1 is 0.931 bits per heavy atom. The minimum absolute atomic E-state index is 0.212. The van der Waals surface area contributed by atoms with Gasteiger partial charge in [0.25, 0.3) is 0 Å². The van der Waals surface area contributed by atoms with Crippen LogP contribution in [-0.2, 0) is 0 Å². The maximum atomic E-state index is 5.98. The van der Waals surface area contributed by atoms with Gasteiger partial charge in [-0.15, -0.1) is 0 Å². The van der Waals surface area contributed by atoms with Gasteiger partial charge in [0.2, 0.25) is 0 Å². The summed E-state index contributed by atoms with van der Waals surface area (Å²) < 4.78 is 25.9. The first-order valence-corrected chi connectivity index (χ1v) is 10.5. The number of hydrogen-bond donors (Lipinski definition) is 0. The molecule has 0 spiro atoms. The van der Waals surface area contributed by atoms with Gasteiger partial charge in [-0.25, -0.2) is 0 Å². The second kappa shape index (κ2) is 9.65. The third-order valence-corrected chi connectivity index (χ3v) is 5.62. The molecule has 1 aromatic heterocycles. The molecule has 2 aromatic carbocycles. The highest BCUT2D eigenvalue weighted by Crippen LogP contribution is 2.45. The van der Waals surface area contributed by atoms with Gasteiger partial charge < -0.3 is 18.9 Å². The molecule has 0 aliphatic heterocycles. The third-order valence-electron chi connectivity index (χ3n) is 4.74. The SMILES string of the molecule is CCC[C@@H](C)Oc1ccc(-c2c[nH+]sc2-c2cc(OC)cc(OC)c2OC)cc1. The molecule has 3 rings (SSSR count). The number of hydrogen-bond acceptors (Lipinski definition) is 5. The van der Waals surface area contributed by atoms with Gasteiger partial charge in [-0.2, -0.15) is 4.37 Å². The summed E-state index contributed by atoms with van der Waals surface area (Å²) in [5.74, 6) is 2.91. The monoisotopic (exact) mass is 414 g/mol. The number of nitrogens with one attached hydrogen (secondary N) is 1. The number of benzene rings is 2. The molecule has 0 unspecified atom stereocenters. The van der Waals surface area contributed by atoms with Crippen LogP contribution in [0.4, 0.5) is 0 Å². The average Bonchev–Trinajstić information content (AvgIpc) is 3.23. The zero-order chi connectivity index (χ0) is 20.8. The standard InChI is InChI=1S/C23H27NO4S/c1-6-7-15(2)28-17-10-8-16(9-11-17)20-14-24-29-23(20)19-12-18(25-3)13-21(26-4)22(19)27-5/h8-15H,6-7H2,1-5H3/p+1/t15-/m1/s1. The summed E-state index contributed by atoms with van der Waals surface area (Å²) in [6.45, 7) is 4.27. The quantitative estimate of drug-likeness (QED) is 0.465. The summed E-state index contributed by atoms with van der Waals surface area (Å²) >= 11 is 1.54. The van der Waals surface area contributed by atoms with Crippen LogP contribution < -0.4 is 23.3 Å². The molecule has 0 saturated heterocycles. The van der Waals surface area contributed by atoms with E-state index < -0.39 is 0 Å². The van der Waals surface area contributed by atoms with E-state index in [1.54, 1.807) is 21.3 Å². The molecule has 1 heterocycles. The van der Waals surface area contributed by atoms with Crippen molar-refractivity contribution in [1.82, 2.24) is 0 Å². The second-order valence-corrected chi connectivity index (χ2v) is 7.61. The number of aromatic nitrogens is 1. The van der Waals surface area contributed by atoms with Crippen LogP contribution in [0, 0.1) is 0 Å². The van der Waals surface area contributed by atoms with Crippen molar-refractivity contribution in [3.05, 3.63) is 42.6 Å². The van der Waals surface area contributed by atoms with E-state index in [4.69, 9.17) is 18.9 Å². The molecule has 1 atom stereocenters. The summed E-state index contributed by atoms with van der Waals surface area (Å²) in [5, 5.41) is 0. The topological polar surface area (TPSA) is 51.1 Å². The van der Waals surface area contributed by atoms with Crippen molar-refractivity contribution in [3.8, 4) is 44.6 Å². The molecule has 0 aliphatic carbocycles. The molecule has 0 saturated carbocycles. The van der Waals surface area contributed by atoms with Gasteiger partial charge in [0, 0.05) is 11.6 Å². The maximum absolute atomic E-state index is 5.98. The highest BCUT2D eigenvalue weighted by atomic mass is 32.1. The Bertz CT molecular complexity index is 937. The van der Waals surface area contributed by atoms with Gasteiger partial charge in [-0.3, -0.25) is 0 Å². The third kappa shape index (κ3) is 4.65. The fourth-order valence-corrected chi connectivity index (χ4v) is 4.16. The number of H-pyrrole nitrogens is 1. The van der Waals surface area contributed by atoms with Crippen LogP contribution in [0.5, 0.6) is 23.0 Å². The lowest BCUT2D eigenvalue weighted by Gasteiger charge is -2.15. The number of methoxy groups -OCH3 is 3. The van der Waals surface area contributed by atoms with Crippen molar-refractivity contribution in [1.29, 1.82) is 0 Å². The number of aromatic amines is 1. The van der Waals surface area contributed by atoms with Crippen LogP contribution in [0.25, 0.3) is 21.6 Å². The summed E-state index contributed by atoms with van der Waals surface area (Å²) in [6, 6.07) is 12.0. The van der Waals surface area contributed by atoms with Crippen LogP contribution in [0.15, 0.2) is 42.6 Å². The van der Waals surface area contributed by atoms with Gasteiger partial charge in [-0.05, 0) is 37.1 Å². The molecule has 0 radical (unpaired) electrons. The predicted molar refractivity (Wildman–Crippen MR) is 116 cm³/mol. The van der Waals surface area contributed by atoms with E-state index >= 15 is 0 Å². The fourth-order valence-electron chi connectivity index (χ4n) is 3.32. The Morgan fingerprint density at radius 3 is 2.31 bits per heavy atom. The van der Waals surface area contributed by atoms with E-state index in [1.165, 1.54) is 11.5 Å². The van der Waals surface area contributed by atoms with E-state index in [-0.39, 0.29) is 6.10 Å². The molecule has 1 N–H and O–H groups in total. The Kier molecular flexibility index (Phi) is 6.99. The zero-order valence-corrected chi connectivity index (χ0v) is 18.4. The molecule has 5 nitrogen and oxygen atoms in total. The Morgan fingerprint density at radius 2 is 1.69 bits per heavy atom. The van der Waals surface area contributed by atoms with Gasteiger partial charge in [0.15, 0.2) is 17.7 Å². The normalized spacial score (nSPS) is 11.8. The lowest BCUT2D eigenvalue weighted by atomic mass is 10.0. The van der Waals surface area contributed by atoms with Crippen molar-refractivity contribution >= 4 is 11.5 Å². The van der Waals surface area contributed by atoms with Gasteiger partial charge in [0.05, 0.1) is 33.0 Å². The van der Waals surface area contributed by atoms with Crippen LogP contribution in [0.1, 0.15) is 26.7 Å².